The van der Waals surface area contributed by atoms with Gasteiger partial charge >= 0.3 is 6.18 Å². The second-order valence-corrected chi connectivity index (χ2v) is 3.98. The lowest BCUT2D eigenvalue weighted by molar-refractivity contribution is -0.138. The number of hydrogen-bond donors (Lipinski definition) is 1. The lowest BCUT2D eigenvalue weighted by Crippen LogP contribution is -2.20. The van der Waals surface area contributed by atoms with E-state index < -0.39 is 11.7 Å². The van der Waals surface area contributed by atoms with Gasteiger partial charge in [-0.25, -0.2) is 0 Å². The lowest BCUT2D eigenvalue weighted by atomic mass is 9.97. The summed E-state index contributed by atoms with van der Waals surface area (Å²) >= 11 is 4.82. The van der Waals surface area contributed by atoms with Gasteiger partial charge in [-0.2, -0.15) is 13.2 Å². The Morgan fingerprint density at radius 3 is 2.29 bits per heavy atom. The van der Waals surface area contributed by atoms with Gasteiger partial charge in [0.05, 0.1) is 11.3 Å². The van der Waals surface area contributed by atoms with Crippen LogP contribution in [0.2, 0.25) is 0 Å². The van der Waals surface area contributed by atoms with E-state index in [1.54, 1.807) is 13.8 Å². The topological polar surface area (TPSA) is 38.9 Å². The van der Waals surface area contributed by atoms with Crippen molar-refractivity contribution < 1.29 is 13.2 Å². The molecule has 0 amide bonds. The molecule has 0 aliphatic heterocycles. The molecule has 2 nitrogen and oxygen atoms in total. The Morgan fingerprint density at radius 2 is 1.94 bits per heavy atom. The van der Waals surface area contributed by atoms with Crippen molar-refractivity contribution in [3.05, 3.63) is 28.6 Å². The van der Waals surface area contributed by atoms with Crippen LogP contribution < -0.4 is 5.73 Å². The molecule has 94 valence electrons. The molecule has 0 aliphatic carbocycles. The first kappa shape index (κ1) is 13.9. The minimum atomic E-state index is -4.43. The average molecular weight is 262 g/mol. The Hall–Kier alpha value is -1.17. The van der Waals surface area contributed by atoms with E-state index in [0.717, 1.165) is 6.20 Å². The number of aromatic nitrogens is 1. The van der Waals surface area contributed by atoms with Gasteiger partial charge in [-0.1, -0.05) is 26.1 Å². The van der Waals surface area contributed by atoms with Gasteiger partial charge in [0.25, 0.3) is 0 Å². The van der Waals surface area contributed by atoms with Crippen molar-refractivity contribution in [2.75, 3.05) is 0 Å². The van der Waals surface area contributed by atoms with Crippen LogP contribution in [0.15, 0.2) is 6.20 Å². The summed E-state index contributed by atoms with van der Waals surface area (Å²) < 4.78 is 38.4. The van der Waals surface area contributed by atoms with Gasteiger partial charge in [-0.05, 0) is 18.4 Å². The molecule has 0 aliphatic rings. The second-order valence-electron chi connectivity index (χ2n) is 3.54. The molecule has 1 rings (SSSR count). The first-order valence-electron chi connectivity index (χ1n) is 5.20. The summed E-state index contributed by atoms with van der Waals surface area (Å²) in [5.41, 5.74) is 5.68. The molecule has 1 aromatic rings. The Bertz CT molecular complexity index is 441. The van der Waals surface area contributed by atoms with E-state index in [4.69, 9.17) is 18.0 Å². The van der Waals surface area contributed by atoms with E-state index in [-0.39, 0.29) is 22.5 Å². The third kappa shape index (κ3) is 2.74. The molecule has 0 radical (unpaired) electrons. The van der Waals surface area contributed by atoms with Crippen molar-refractivity contribution in [2.45, 2.75) is 32.9 Å². The molecule has 0 bridgehead atoms. The zero-order valence-electron chi connectivity index (χ0n) is 9.56. The van der Waals surface area contributed by atoms with Gasteiger partial charge in [-0.3, -0.25) is 4.98 Å². The maximum atomic E-state index is 12.8. The highest BCUT2D eigenvalue weighted by atomic mass is 32.1. The van der Waals surface area contributed by atoms with Crippen LogP contribution in [0.25, 0.3) is 0 Å². The van der Waals surface area contributed by atoms with E-state index in [1.807, 2.05) is 0 Å². The number of alkyl halides is 3. The summed E-state index contributed by atoms with van der Waals surface area (Å²) in [7, 11) is 0. The number of halogens is 3. The summed E-state index contributed by atoms with van der Waals surface area (Å²) in [5, 5.41) is 0. The van der Waals surface area contributed by atoms with Crippen molar-refractivity contribution in [3.63, 3.8) is 0 Å². The molecule has 1 heterocycles. The normalized spacial score (nSPS) is 11.6. The van der Waals surface area contributed by atoms with Crippen LogP contribution in [-0.4, -0.2) is 9.97 Å². The van der Waals surface area contributed by atoms with Crippen molar-refractivity contribution in [2.24, 2.45) is 5.73 Å². The molecule has 1 aromatic heterocycles. The average Bonchev–Trinajstić information content (AvgIpc) is 2.25. The molecule has 6 heteroatoms. The Balaban J connectivity index is 3.58. The minimum Gasteiger partial charge on any atom is -0.389 e. The smallest absolute Gasteiger partial charge is 0.389 e. The fraction of sp³-hybridized carbons (Fsp3) is 0.455. The molecular weight excluding hydrogens is 249 g/mol. The van der Waals surface area contributed by atoms with Crippen molar-refractivity contribution >= 4 is 17.2 Å². The van der Waals surface area contributed by atoms with Crippen LogP contribution in [0.4, 0.5) is 13.2 Å². The van der Waals surface area contributed by atoms with Crippen molar-refractivity contribution in [1.82, 2.24) is 4.98 Å². The maximum absolute atomic E-state index is 12.8. The number of nitrogens with two attached hydrogens (primary N) is 1. The van der Waals surface area contributed by atoms with Crippen molar-refractivity contribution in [1.29, 1.82) is 0 Å². The van der Waals surface area contributed by atoms with Crippen LogP contribution in [0.5, 0.6) is 0 Å². The SMILES string of the molecule is CCc1ncc(C(F)(F)F)c(CC)c1C(N)=S. The first-order valence-corrected chi connectivity index (χ1v) is 5.61. The summed E-state index contributed by atoms with van der Waals surface area (Å²) in [6.07, 6.45) is -2.85. The van der Waals surface area contributed by atoms with E-state index in [1.165, 1.54) is 0 Å². The van der Waals surface area contributed by atoms with Gasteiger partial charge < -0.3 is 5.73 Å². The Kier molecular flexibility index (Phi) is 4.08. The zero-order chi connectivity index (χ0) is 13.2. The van der Waals surface area contributed by atoms with E-state index >= 15 is 0 Å². The largest absolute Gasteiger partial charge is 0.418 e. The molecule has 0 aromatic carbocycles. The fourth-order valence-corrected chi connectivity index (χ4v) is 2.01. The van der Waals surface area contributed by atoms with Crippen LogP contribution in [0.3, 0.4) is 0 Å². The minimum absolute atomic E-state index is 0.0303. The number of hydrogen-bond acceptors (Lipinski definition) is 2. The third-order valence-electron chi connectivity index (χ3n) is 2.51. The van der Waals surface area contributed by atoms with Crippen LogP contribution in [0, 0.1) is 0 Å². The quantitative estimate of drug-likeness (QED) is 0.851. The van der Waals surface area contributed by atoms with E-state index in [2.05, 4.69) is 4.98 Å². The Labute approximate surface area is 103 Å². The second kappa shape index (κ2) is 5.00. The maximum Gasteiger partial charge on any atom is 0.418 e. The van der Waals surface area contributed by atoms with Crippen LogP contribution >= 0.6 is 12.2 Å². The molecule has 0 spiro atoms. The van der Waals surface area contributed by atoms with E-state index in [9.17, 15) is 13.2 Å². The highest BCUT2D eigenvalue weighted by Gasteiger charge is 2.35. The van der Waals surface area contributed by atoms with Crippen LogP contribution in [-0.2, 0) is 19.0 Å². The molecule has 0 saturated heterocycles. The highest BCUT2D eigenvalue weighted by Crippen LogP contribution is 2.34. The zero-order valence-corrected chi connectivity index (χ0v) is 10.4. The lowest BCUT2D eigenvalue weighted by Gasteiger charge is -2.17. The predicted molar refractivity (Wildman–Crippen MR) is 63.9 cm³/mol. The first-order chi connectivity index (χ1) is 7.82. The number of pyridine rings is 1. The summed E-state index contributed by atoms with van der Waals surface area (Å²) in [6.45, 7) is 3.45. The molecule has 2 N–H and O–H groups in total. The number of thiocarbonyl (C=S) groups is 1. The van der Waals surface area contributed by atoms with Gasteiger partial charge in [0.2, 0.25) is 0 Å². The highest BCUT2D eigenvalue weighted by molar-refractivity contribution is 7.80. The van der Waals surface area contributed by atoms with Gasteiger partial charge in [0.1, 0.15) is 4.99 Å². The molecule has 17 heavy (non-hydrogen) atoms. The standard InChI is InChI=1S/C11H13F3N2S/c1-3-6-7(11(12,13)14)5-16-8(4-2)9(6)10(15)17/h5H,3-4H2,1-2H3,(H2,15,17). The summed E-state index contributed by atoms with van der Waals surface area (Å²) in [6, 6.07) is 0. The predicted octanol–water partition coefficient (Wildman–Crippen LogP) is 2.86. The van der Waals surface area contributed by atoms with Gasteiger partial charge in [0, 0.05) is 11.8 Å². The molecular formula is C11H13F3N2S. The molecule has 0 fully saturated rings. The van der Waals surface area contributed by atoms with E-state index in [0.29, 0.717) is 12.1 Å². The van der Waals surface area contributed by atoms with Crippen molar-refractivity contribution in [3.8, 4) is 0 Å². The number of rotatable bonds is 3. The van der Waals surface area contributed by atoms with Gasteiger partial charge in [0.15, 0.2) is 0 Å². The monoisotopic (exact) mass is 262 g/mol. The number of nitrogens with zero attached hydrogens (tertiary/aromatic N) is 1. The Morgan fingerprint density at radius 1 is 1.35 bits per heavy atom. The third-order valence-corrected chi connectivity index (χ3v) is 2.71. The molecule has 0 atom stereocenters. The summed E-state index contributed by atoms with van der Waals surface area (Å²) in [5.74, 6) is 0. The molecule has 0 saturated carbocycles. The summed E-state index contributed by atoms with van der Waals surface area (Å²) in [4.78, 5) is 3.78. The number of aryl methyl sites for hydroxylation is 1. The molecule has 0 unspecified atom stereocenters. The fourth-order valence-electron chi connectivity index (χ4n) is 1.76. The van der Waals surface area contributed by atoms with Crippen LogP contribution in [0.1, 0.15) is 36.2 Å². The van der Waals surface area contributed by atoms with Gasteiger partial charge in [-0.15, -0.1) is 0 Å².